The minimum absolute atomic E-state index is 0.177. The molecule has 1 aromatic heterocycles. The summed E-state index contributed by atoms with van der Waals surface area (Å²) in [6.07, 6.45) is 4.70. The zero-order valence-corrected chi connectivity index (χ0v) is 9.00. The first-order valence-electron chi connectivity index (χ1n) is 4.90. The van der Waals surface area contributed by atoms with E-state index >= 15 is 0 Å². The molecule has 1 fully saturated rings. The summed E-state index contributed by atoms with van der Waals surface area (Å²) in [5.41, 5.74) is 0.981. The number of aromatic nitrogens is 2. The van der Waals surface area contributed by atoms with Crippen LogP contribution in [0, 0.1) is 6.92 Å². The molecule has 0 saturated heterocycles. The van der Waals surface area contributed by atoms with Crippen LogP contribution in [0.15, 0.2) is 17.4 Å². The molecule has 1 aromatic rings. The van der Waals surface area contributed by atoms with E-state index in [0.29, 0.717) is 0 Å². The van der Waals surface area contributed by atoms with Crippen LogP contribution < -0.4 is 0 Å². The average Bonchev–Trinajstić information content (AvgIpc) is 2.52. The minimum Gasteiger partial charge on any atom is -0.392 e. The van der Waals surface area contributed by atoms with Crippen molar-refractivity contribution in [2.45, 2.75) is 42.7 Å². The van der Waals surface area contributed by atoms with Crippen LogP contribution in [0.1, 0.15) is 25.0 Å². The van der Waals surface area contributed by atoms with Crippen molar-refractivity contribution in [2.24, 2.45) is 0 Å². The molecule has 14 heavy (non-hydrogen) atoms. The van der Waals surface area contributed by atoms with Gasteiger partial charge in [0.05, 0.1) is 6.10 Å². The Morgan fingerprint density at radius 3 is 3.00 bits per heavy atom. The van der Waals surface area contributed by atoms with Gasteiger partial charge in [-0.25, -0.2) is 9.97 Å². The number of aliphatic hydroxyl groups is 1. The van der Waals surface area contributed by atoms with Crippen molar-refractivity contribution in [3.05, 3.63) is 18.0 Å². The molecule has 1 aliphatic carbocycles. The van der Waals surface area contributed by atoms with Crippen molar-refractivity contribution in [3.63, 3.8) is 0 Å². The van der Waals surface area contributed by atoms with Gasteiger partial charge in [-0.1, -0.05) is 11.8 Å². The molecular formula is C10H14N2OS. The van der Waals surface area contributed by atoms with Crippen LogP contribution in [0.5, 0.6) is 0 Å². The first-order chi connectivity index (χ1) is 6.75. The Hall–Kier alpha value is -0.610. The smallest absolute Gasteiger partial charge is 0.188 e. The molecule has 0 aromatic carbocycles. The predicted octanol–water partition coefficient (Wildman–Crippen LogP) is 1.79. The summed E-state index contributed by atoms with van der Waals surface area (Å²) in [6.45, 7) is 1.96. The molecular weight excluding hydrogens is 196 g/mol. The Bertz CT molecular complexity index is 319. The van der Waals surface area contributed by atoms with Crippen LogP contribution in [-0.2, 0) is 0 Å². The average molecular weight is 210 g/mol. The van der Waals surface area contributed by atoms with Crippen LogP contribution in [-0.4, -0.2) is 26.4 Å². The van der Waals surface area contributed by atoms with Crippen LogP contribution in [0.2, 0.25) is 0 Å². The van der Waals surface area contributed by atoms with Gasteiger partial charge in [-0.2, -0.15) is 0 Å². The van der Waals surface area contributed by atoms with Gasteiger partial charge in [0, 0.05) is 17.1 Å². The first-order valence-corrected chi connectivity index (χ1v) is 5.78. The molecule has 3 nitrogen and oxygen atoms in total. The summed E-state index contributed by atoms with van der Waals surface area (Å²) in [5, 5.41) is 10.7. The molecule has 0 amide bonds. The first kappa shape index (κ1) is 9.93. The number of hydrogen-bond acceptors (Lipinski definition) is 4. The third kappa shape index (κ3) is 2.25. The lowest BCUT2D eigenvalue weighted by Crippen LogP contribution is -2.15. The topological polar surface area (TPSA) is 46.0 Å². The van der Waals surface area contributed by atoms with Crippen molar-refractivity contribution < 1.29 is 5.11 Å². The van der Waals surface area contributed by atoms with Gasteiger partial charge in [0.2, 0.25) is 0 Å². The molecule has 1 heterocycles. The summed E-state index contributed by atoms with van der Waals surface area (Å²) in [4.78, 5) is 8.49. The lowest BCUT2D eigenvalue weighted by molar-refractivity contribution is 0.188. The molecule has 2 unspecified atom stereocenters. The highest BCUT2D eigenvalue weighted by Crippen LogP contribution is 2.33. The molecule has 76 valence electrons. The summed E-state index contributed by atoms with van der Waals surface area (Å²) >= 11 is 1.60. The Morgan fingerprint density at radius 2 is 2.36 bits per heavy atom. The fraction of sp³-hybridized carbons (Fsp3) is 0.600. The van der Waals surface area contributed by atoms with Gasteiger partial charge in [0.15, 0.2) is 5.16 Å². The molecule has 0 aliphatic heterocycles. The number of hydrogen-bond donors (Lipinski definition) is 1. The van der Waals surface area contributed by atoms with Gasteiger partial charge in [0.1, 0.15) is 0 Å². The molecule has 1 saturated carbocycles. The number of rotatable bonds is 2. The number of aliphatic hydroxyl groups excluding tert-OH is 1. The van der Waals surface area contributed by atoms with E-state index in [9.17, 15) is 5.11 Å². The molecule has 0 radical (unpaired) electrons. The van der Waals surface area contributed by atoms with Gasteiger partial charge in [-0.05, 0) is 32.3 Å². The van der Waals surface area contributed by atoms with E-state index in [1.165, 1.54) is 0 Å². The van der Waals surface area contributed by atoms with E-state index in [1.807, 2.05) is 13.0 Å². The van der Waals surface area contributed by atoms with Crippen molar-refractivity contribution in [1.82, 2.24) is 9.97 Å². The fourth-order valence-electron chi connectivity index (χ4n) is 1.66. The summed E-state index contributed by atoms with van der Waals surface area (Å²) in [6, 6.07) is 1.88. The number of thioether (sulfide) groups is 1. The maximum absolute atomic E-state index is 9.64. The lowest BCUT2D eigenvalue weighted by Gasteiger charge is -2.12. The van der Waals surface area contributed by atoms with Crippen LogP contribution in [0.3, 0.4) is 0 Å². The van der Waals surface area contributed by atoms with Crippen molar-refractivity contribution >= 4 is 11.8 Å². The van der Waals surface area contributed by atoms with Crippen molar-refractivity contribution in [3.8, 4) is 0 Å². The van der Waals surface area contributed by atoms with Crippen LogP contribution >= 0.6 is 11.8 Å². The van der Waals surface area contributed by atoms with Crippen molar-refractivity contribution in [1.29, 1.82) is 0 Å². The Balaban J connectivity index is 2.03. The highest BCUT2D eigenvalue weighted by molar-refractivity contribution is 7.99. The van der Waals surface area contributed by atoms with Crippen LogP contribution in [0.4, 0.5) is 0 Å². The van der Waals surface area contributed by atoms with Crippen molar-refractivity contribution in [2.75, 3.05) is 0 Å². The highest BCUT2D eigenvalue weighted by atomic mass is 32.2. The maximum atomic E-state index is 9.64. The second kappa shape index (κ2) is 4.28. The molecule has 0 bridgehead atoms. The van der Waals surface area contributed by atoms with Gasteiger partial charge >= 0.3 is 0 Å². The quantitative estimate of drug-likeness (QED) is 0.756. The summed E-state index contributed by atoms with van der Waals surface area (Å²) < 4.78 is 0. The van der Waals surface area contributed by atoms with E-state index < -0.39 is 0 Å². The van der Waals surface area contributed by atoms with E-state index in [-0.39, 0.29) is 11.4 Å². The fourth-order valence-corrected chi connectivity index (χ4v) is 2.83. The molecule has 2 rings (SSSR count). The maximum Gasteiger partial charge on any atom is 0.188 e. The molecule has 1 aliphatic rings. The molecule has 1 N–H and O–H groups in total. The zero-order chi connectivity index (χ0) is 9.97. The monoisotopic (exact) mass is 210 g/mol. The zero-order valence-electron chi connectivity index (χ0n) is 8.18. The number of aryl methyl sites for hydroxylation is 1. The Morgan fingerprint density at radius 1 is 1.50 bits per heavy atom. The highest BCUT2D eigenvalue weighted by Gasteiger charge is 2.26. The Kier molecular flexibility index (Phi) is 3.03. The summed E-state index contributed by atoms with van der Waals surface area (Å²) in [5.74, 6) is 0. The van der Waals surface area contributed by atoms with E-state index in [0.717, 1.165) is 30.1 Å². The molecule has 2 atom stereocenters. The van der Waals surface area contributed by atoms with Crippen LogP contribution in [0.25, 0.3) is 0 Å². The second-order valence-electron chi connectivity index (χ2n) is 3.64. The number of nitrogens with zero attached hydrogens (tertiary/aromatic N) is 2. The second-order valence-corrected chi connectivity index (χ2v) is 4.84. The largest absolute Gasteiger partial charge is 0.392 e. The third-order valence-corrected chi connectivity index (χ3v) is 3.71. The Labute approximate surface area is 88.0 Å². The van der Waals surface area contributed by atoms with Gasteiger partial charge < -0.3 is 5.11 Å². The lowest BCUT2D eigenvalue weighted by atomic mass is 10.3. The summed E-state index contributed by atoms with van der Waals surface area (Å²) in [7, 11) is 0. The molecule has 4 heteroatoms. The predicted molar refractivity (Wildman–Crippen MR) is 56.3 cm³/mol. The van der Waals surface area contributed by atoms with E-state index in [4.69, 9.17) is 0 Å². The van der Waals surface area contributed by atoms with Gasteiger partial charge in [0.25, 0.3) is 0 Å². The third-order valence-electron chi connectivity index (χ3n) is 2.45. The SMILES string of the molecule is Cc1ccnc(SC2CCCC2O)n1. The van der Waals surface area contributed by atoms with E-state index in [2.05, 4.69) is 9.97 Å². The molecule has 0 spiro atoms. The normalized spacial score (nSPS) is 26.7. The minimum atomic E-state index is -0.177. The van der Waals surface area contributed by atoms with E-state index in [1.54, 1.807) is 18.0 Å². The standard InChI is InChI=1S/C10H14N2OS/c1-7-5-6-11-10(12-7)14-9-4-2-3-8(9)13/h5-6,8-9,13H,2-4H2,1H3. The van der Waals surface area contributed by atoms with Gasteiger partial charge in [-0.3, -0.25) is 0 Å². The van der Waals surface area contributed by atoms with Gasteiger partial charge in [-0.15, -0.1) is 0 Å².